The van der Waals surface area contributed by atoms with E-state index in [4.69, 9.17) is 0 Å². The Balaban J connectivity index is 1.85. The Morgan fingerprint density at radius 3 is 2.46 bits per heavy atom. The molecule has 3 atom stereocenters. The van der Waals surface area contributed by atoms with Crippen molar-refractivity contribution in [3.8, 4) is 0 Å². The van der Waals surface area contributed by atoms with E-state index in [0.29, 0.717) is 23.1 Å². The molecule has 1 aliphatic carbocycles. The third kappa shape index (κ3) is 5.47. The number of hydrogen-bond acceptors (Lipinski definition) is 4. The second-order valence-corrected chi connectivity index (χ2v) is 6.81. The summed E-state index contributed by atoms with van der Waals surface area (Å²) in [5.74, 6) is 0.170. The predicted molar refractivity (Wildman–Crippen MR) is 98.9 cm³/mol. The Morgan fingerprint density at radius 2 is 1.81 bits per heavy atom. The van der Waals surface area contributed by atoms with E-state index in [0.717, 1.165) is 12.8 Å². The quantitative estimate of drug-likeness (QED) is 0.702. The Morgan fingerprint density at radius 1 is 1.12 bits per heavy atom. The van der Waals surface area contributed by atoms with Crippen LogP contribution in [0, 0.1) is 11.8 Å². The zero-order chi connectivity index (χ0) is 19.1. The van der Waals surface area contributed by atoms with Crippen molar-refractivity contribution in [2.45, 2.75) is 39.2 Å². The molecule has 26 heavy (non-hydrogen) atoms. The van der Waals surface area contributed by atoms with Crippen molar-refractivity contribution in [2.24, 2.45) is 11.8 Å². The Bertz CT molecular complexity index is 645. The topological polar surface area (TPSA) is 96.5 Å². The standard InChI is InChI=1S/C19H27N3O4/c1-12-5-4-6-16(13(12)2)22-19(25)21-15-9-7-14(8-10-15)18(24)20-11-17(23)26-3/h7-10,12-13,16H,4-6,11H2,1-3H3,(H,20,24)(H2,21,22,25)/t12-,13+,16+/m0/s1. The number of nitrogens with one attached hydrogen (secondary N) is 3. The Labute approximate surface area is 153 Å². The molecule has 1 aliphatic rings. The molecule has 1 aromatic rings. The average molecular weight is 361 g/mol. The number of rotatable bonds is 5. The smallest absolute Gasteiger partial charge is 0.325 e. The van der Waals surface area contributed by atoms with Crippen LogP contribution in [0.15, 0.2) is 24.3 Å². The Hall–Kier alpha value is -2.57. The first-order chi connectivity index (χ1) is 12.4. The summed E-state index contributed by atoms with van der Waals surface area (Å²) in [6, 6.07) is 6.43. The molecular formula is C19H27N3O4. The van der Waals surface area contributed by atoms with Crippen LogP contribution in [0.5, 0.6) is 0 Å². The van der Waals surface area contributed by atoms with Crippen molar-refractivity contribution in [3.63, 3.8) is 0 Å². The number of urea groups is 1. The maximum absolute atomic E-state index is 12.2. The second kappa shape index (κ2) is 9.22. The van der Waals surface area contributed by atoms with Crippen molar-refractivity contribution < 1.29 is 19.1 Å². The number of benzene rings is 1. The molecule has 142 valence electrons. The molecule has 0 bridgehead atoms. The van der Waals surface area contributed by atoms with Gasteiger partial charge in [-0.15, -0.1) is 0 Å². The fraction of sp³-hybridized carbons (Fsp3) is 0.526. The van der Waals surface area contributed by atoms with Crippen molar-refractivity contribution in [1.29, 1.82) is 0 Å². The van der Waals surface area contributed by atoms with E-state index in [-0.39, 0.29) is 24.5 Å². The van der Waals surface area contributed by atoms with E-state index in [1.807, 2.05) is 0 Å². The van der Waals surface area contributed by atoms with E-state index in [9.17, 15) is 14.4 Å². The van der Waals surface area contributed by atoms with Gasteiger partial charge >= 0.3 is 12.0 Å². The minimum atomic E-state index is -0.514. The lowest BCUT2D eigenvalue weighted by atomic mass is 9.78. The molecule has 0 aromatic heterocycles. The summed E-state index contributed by atoms with van der Waals surface area (Å²) in [6.07, 6.45) is 3.34. The second-order valence-electron chi connectivity index (χ2n) is 6.81. The number of ether oxygens (including phenoxy) is 1. The number of esters is 1. The van der Waals surface area contributed by atoms with Gasteiger partial charge in [0.15, 0.2) is 0 Å². The monoisotopic (exact) mass is 361 g/mol. The van der Waals surface area contributed by atoms with Gasteiger partial charge in [-0.3, -0.25) is 9.59 Å². The summed E-state index contributed by atoms with van der Waals surface area (Å²) < 4.78 is 4.47. The van der Waals surface area contributed by atoms with Gasteiger partial charge in [-0.2, -0.15) is 0 Å². The molecule has 3 amide bonds. The van der Waals surface area contributed by atoms with Crippen LogP contribution in [0.25, 0.3) is 0 Å². The van der Waals surface area contributed by atoms with E-state index < -0.39 is 5.97 Å². The average Bonchev–Trinajstić information content (AvgIpc) is 2.63. The lowest BCUT2D eigenvalue weighted by molar-refractivity contribution is -0.139. The molecule has 0 heterocycles. The van der Waals surface area contributed by atoms with Crippen LogP contribution in [0.3, 0.4) is 0 Å². The summed E-state index contributed by atoms with van der Waals surface area (Å²) in [5.41, 5.74) is 0.998. The van der Waals surface area contributed by atoms with Gasteiger partial charge in [-0.1, -0.05) is 26.7 Å². The van der Waals surface area contributed by atoms with Gasteiger partial charge in [0.1, 0.15) is 6.54 Å². The van der Waals surface area contributed by atoms with Crippen LogP contribution in [-0.4, -0.2) is 37.6 Å². The summed E-state index contributed by atoms with van der Waals surface area (Å²) in [5, 5.41) is 8.30. The molecular weight excluding hydrogens is 334 g/mol. The van der Waals surface area contributed by atoms with Crippen molar-refractivity contribution in [3.05, 3.63) is 29.8 Å². The number of amides is 3. The van der Waals surface area contributed by atoms with Gasteiger partial charge in [-0.05, 0) is 42.5 Å². The maximum Gasteiger partial charge on any atom is 0.325 e. The van der Waals surface area contributed by atoms with Crippen LogP contribution >= 0.6 is 0 Å². The summed E-state index contributed by atoms with van der Waals surface area (Å²) in [6.45, 7) is 4.21. The summed E-state index contributed by atoms with van der Waals surface area (Å²) in [7, 11) is 1.26. The van der Waals surface area contributed by atoms with Crippen LogP contribution in [0.1, 0.15) is 43.5 Å². The minimum absolute atomic E-state index is 0.183. The molecule has 7 heteroatoms. The third-order valence-electron chi connectivity index (χ3n) is 5.05. The van der Waals surface area contributed by atoms with Gasteiger partial charge < -0.3 is 20.7 Å². The predicted octanol–water partition coefficient (Wildman–Crippen LogP) is 2.54. The highest BCUT2D eigenvalue weighted by molar-refractivity contribution is 5.97. The lowest BCUT2D eigenvalue weighted by Gasteiger charge is -2.34. The van der Waals surface area contributed by atoms with Gasteiger partial charge in [0, 0.05) is 17.3 Å². The summed E-state index contributed by atoms with van der Waals surface area (Å²) >= 11 is 0. The van der Waals surface area contributed by atoms with Gasteiger partial charge in [0.25, 0.3) is 5.91 Å². The van der Waals surface area contributed by atoms with E-state index >= 15 is 0 Å². The first kappa shape index (κ1) is 19.8. The van der Waals surface area contributed by atoms with Gasteiger partial charge in [0.05, 0.1) is 7.11 Å². The van der Waals surface area contributed by atoms with Crippen LogP contribution in [-0.2, 0) is 9.53 Å². The SMILES string of the molecule is COC(=O)CNC(=O)c1ccc(NC(=O)N[C@@H]2CCC[C@H](C)[C@H]2C)cc1. The van der Waals surface area contributed by atoms with Crippen LogP contribution in [0.2, 0.25) is 0 Å². The first-order valence-electron chi connectivity index (χ1n) is 8.93. The lowest BCUT2D eigenvalue weighted by Crippen LogP contribution is -2.45. The third-order valence-corrected chi connectivity index (χ3v) is 5.05. The zero-order valence-corrected chi connectivity index (χ0v) is 15.5. The number of methoxy groups -OCH3 is 1. The van der Waals surface area contributed by atoms with Gasteiger partial charge in [-0.25, -0.2) is 4.79 Å². The fourth-order valence-electron chi connectivity index (χ4n) is 3.15. The van der Waals surface area contributed by atoms with Crippen LogP contribution < -0.4 is 16.0 Å². The van der Waals surface area contributed by atoms with Crippen molar-refractivity contribution >= 4 is 23.6 Å². The molecule has 0 radical (unpaired) electrons. The molecule has 0 unspecified atom stereocenters. The number of carbonyl (C=O) groups excluding carboxylic acids is 3. The van der Waals surface area contributed by atoms with E-state index in [1.54, 1.807) is 24.3 Å². The highest BCUT2D eigenvalue weighted by Crippen LogP contribution is 2.29. The molecule has 3 N–H and O–H groups in total. The molecule has 1 saturated carbocycles. The Kier molecular flexibility index (Phi) is 7.00. The molecule has 2 rings (SSSR count). The molecule has 1 aromatic carbocycles. The molecule has 0 saturated heterocycles. The highest BCUT2D eigenvalue weighted by Gasteiger charge is 2.28. The maximum atomic E-state index is 12.2. The van der Waals surface area contributed by atoms with E-state index in [2.05, 4.69) is 34.5 Å². The van der Waals surface area contributed by atoms with Crippen molar-refractivity contribution in [1.82, 2.24) is 10.6 Å². The molecule has 1 fully saturated rings. The van der Waals surface area contributed by atoms with Gasteiger partial charge in [0.2, 0.25) is 0 Å². The molecule has 0 spiro atoms. The zero-order valence-electron chi connectivity index (χ0n) is 15.5. The van der Waals surface area contributed by atoms with Crippen LogP contribution in [0.4, 0.5) is 10.5 Å². The highest BCUT2D eigenvalue weighted by atomic mass is 16.5. The molecule has 7 nitrogen and oxygen atoms in total. The number of anilines is 1. The largest absolute Gasteiger partial charge is 0.468 e. The number of hydrogen-bond donors (Lipinski definition) is 3. The van der Waals surface area contributed by atoms with E-state index in [1.165, 1.54) is 13.5 Å². The fourth-order valence-corrected chi connectivity index (χ4v) is 3.15. The first-order valence-corrected chi connectivity index (χ1v) is 8.93. The number of carbonyl (C=O) groups is 3. The normalized spacial score (nSPS) is 22.2. The van der Waals surface area contributed by atoms with Crippen molar-refractivity contribution in [2.75, 3.05) is 19.0 Å². The molecule has 0 aliphatic heterocycles. The minimum Gasteiger partial charge on any atom is -0.468 e. The summed E-state index contributed by atoms with van der Waals surface area (Å²) in [4.78, 5) is 35.2.